The molecule has 0 aromatic carbocycles. The molecule has 0 saturated carbocycles. The number of thiazole rings is 1. The summed E-state index contributed by atoms with van der Waals surface area (Å²) in [7, 11) is 1.66. The molecule has 0 spiro atoms. The molecule has 0 fully saturated rings. The number of nitrogens with one attached hydrogen (secondary N) is 2. The molecule has 1 amide bonds. The van der Waals surface area contributed by atoms with Crippen LogP contribution in [-0.2, 0) is 11.3 Å². The fraction of sp³-hybridized carbons (Fsp3) is 0.400. The number of hydrogen-bond donors (Lipinski definition) is 2. The van der Waals surface area contributed by atoms with Crippen molar-refractivity contribution in [2.24, 2.45) is 5.41 Å². The van der Waals surface area contributed by atoms with E-state index in [0.29, 0.717) is 13.1 Å². The topological polar surface area (TPSA) is 66.9 Å². The molecule has 0 bridgehead atoms. The van der Waals surface area contributed by atoms with E-state index in [1.54, 1.807) is 24.6 Å². The first kappa shape index (κ1) is 15.6. The third-order valence-electron chi connectivity index (χ3n) is 3.15. The second-order valence-electron chi connectivity index (χ2n) is 5.43. The number of hydrogen-bond acceptors (Lipinski definition) is 5. The summed E-state index contributed by atoms with van der Waals surface area (Å²) >= 11 is 1.58. The third-order valence-corrected chi connectivity index (χ3v) is 4.06. The second-order valence-corrected chi connectivity index (χ2v) is 6.28. The predicted octanol–water partition coefficient (Wildman–Crippen LogP) is 2.07. The van der Waals surface area contributed by atoms with E-state index < -0.39 is 5.41 Å². The van der Waals surface area contributed by atoms with Gasteiger partial charge in [0.1, 0.15) is 5.01 Å². The third kappa shape index (κ3) is 4.09. The number of amides is 1. The standard InChI is InChI=1S/C15H20N4OS/c1-15(2,14(20)16-3)10-17-8-11-9-21-13(19-11)12-6-4-5-7-18-12/h4-7,9,17H,8,10H2,1-3H3,(H,16,20). The van der Waals surface area contributed by atoms with Gasteiger partial charge in [-0.25, -0.2) is 4.98 Å². The minimum Gasteiger partial charge on any atom is -0.359 e. The minimum atomic E-state index is -0.436. The molecular weight excluding hydrogens is 284 g/mol. The highest BCUT2D eigenvalue weighted by Gasteiger charge is 2.25. The summed E-state index contributed by atoms with van der Waals surface area (Å²) in [4.78, 5) is 20.5. The molecule has 0 unspecified atom stereocenters. The number of carbonyl (C=O) groups is 1. The Hall–Kier alpha value is -1.79. The van der Waals surface area contributed by atoms with Crippen LogP contribution in [0.25, 0.3) is 10.7 Å². The van der Waals surface area contributed by atoms with E-state index in [0.717, 1.165) is 16.4 Å². The fourth-order valence-corrected chi connectivity index (χ4v) is 2.71. The van der Waals surface area contributed by atoms with Gasteiger partial charge < -0.3 is 10.6 Å². The summed E-state index contributed by atoms with van der Waals surface area (Å²) in [5, 5.41) is 8.90. The minimum absolute atomic E-state index is 0.0300. The SMILES string of the molecule is CNC(=O)C(C)(C)CNCc1csc(-c2ccccn2)n1. The molecule has 2 N–H and O–H groups in total. The summed E-state index contributed by atoms with van der Waals surface area (Å²) in [6.45, 7) is 5.07. The van der Waals surface area contributed by atoms with E-state index in [1.165, 1.54) is 0 Å². The zero-order chi connectivity index (χ0) is 15.3. The number of nitrogens with zero attached hydrogens (tertiary/aromatic N) is 2. The van der Waals surface area contributed by atoms with Crippen LogP contribution in [0.15, 0.2) is 29.8 Å². The molecule has 0 aliphatic rings. The van der Waals surface area contributed by atoms with E-state index >= 15 is 0 Å². The highest BCUT2D eigenvalue weighted by atomic mass is 32.1. The Morgan fingerprint density at radius 2 is 2.19 bits per heavy atom. The first-order valence-electron chi connectivity index (χ1n) is 6.81. The highest BCUT2D eigenvalue weighted by molar-refractivity contribution is 7.13. The van der Waals surface area contributed by atoms with Crippen molar-refractivity contribution in [2.75, 3.05) is 13.6 Å². The Bertz CT molecular complexity index is 595. The molecule has 2 aromatic heterocycles. The molecule has 0 atom stereocenters. The van der Waals surface area contributed by atoms with Gasteiger partial charge in [0.2, 0.25) is 5.91 Å². The van der Waals surface area contributed by atoms with Gasteiger partial charge in [0, 0.05) is 31.7 Å². The average Bonchev–Trinajstić information content (AvgIpc) is 2.96. The van der Waals surface area contributed by atoms with Gasteiger partial charge in [-0.15, -0.1) is 11.3 Å². The number of carbonyl (C=O) groups excluding carboxylic acids is 1. The van der Waals surface area contributed by atoms with Crippen molar-refractivity contribution in [2.45, 2.75) is 20.4 Å². The molecule has 0 aliphatic carbocycles. The molecule has 0 saturated heterocycles. The first-order valence-corrected chi connectivity index (χ1v) is 7.69. The molecule has 2 aromatic rings. The van der Waals surface area contributed by atoms with Crippen molar-refractivity contribution in [3.63, 3.8) is 0 Å². The van der Waals surface area contributed by atoms with Crippen LogP contribution in [0.3, 0.4) is 0 Å². The van der Waals surface area contributed by atoms with E-state index in [2.05, 4.69) is 20.6 Å². The van der Waals surface area contributed by atoms with Crippen LogP contribution < -0.4 is 10.6 Å². The van der Waals surface area contributed by atoms with Crippen LogP contribution >= 0.6 is 11.3 Å². The van der Waals surface area contributed by atoms with Gasteiger partial charge in [0.15, 0.2) is 0 Å². The highest BCUT2D eigenvalue weighted by Crippen LogP contribution is 2.21. The van der Waals surface area contributed by atoms with Gasteiger partial charge >= 0.3 is 0 Å². The normalized spacial score (nSPS) is 11.4. The maximum atomic E-state index is 11.7. The zero-order valence-corrected chi connectivity index (χ0v) is 13.3. The van der Waals surface area contributed by atoms with E-state index in [-0.39, 0.29) is 5.91 Å². The van der Waals surface area contributed by atoms with Crippen molar-refractivity contribution in [3.05, 3.63) is 35.5 Å². The number of aromatic nitrogens is 2. The first-order chi connectivity index (χ1) is 10.0. The molecule has 2 heterocycles. The van der Waals surface area contributed by atoms with E-state index in [1.807, 2.05) is 37.4 Å². The summed E-state index contributed by atoms with van der Waals surface area (Å²) in [6, 6.07) is 5.79. The Kier molecular flexibility index (Phi) is 5.03. The van der Waals surface area contributed by atoms with Crippen molar-refractivity contribution in [3.8, 4) is 10.7 Å². The van der Waals surface area contributed by atoms with E-state index in [9.17, 15) is 4.79 Å². The molecule has 5 nitrogen and oxygen atoms in total. The monoisotopic (exact) mass is 304 g/mol. The lowest BCUT2D eigenvalue weighted by Crippen LogP contribution is -2.41. The Morgan fingerprint density at radius 3 is 2.86 bits per heavy atom. The lowest BCUT2D eigenvalue weighted by molar-refractivity contribution is -0.128. The van der Waals surface area contributed by atoms with Crippen molar-refractivity contribution in [1.82, 2.24) is 20.6 Å². The Labute approximate surface area is 128 Å². The molecule has 112 valence electrons. The van der Waals surface area contributed by atoms with Crippen LogP contribution in [0.1, 0.15) is 19.5 Å². The largest absolute Gasteiger partial charge is 0.359 e. The molecule has 0 radical (unpaired) electrons. The quantitative estimate of drug-likeness (QED) is 0.857. The van der Waals surface area contributed by atoms with Crippen LogP contribution in [0.4, 0.5) is 0 Å². The fourth-order valence-electron chi connectivity index (χ4n) is 1.92. The summed E-state index contributed by atoms with van der Waals surface area (Å²) < 4.78 is 0. The predicted molar refractivity (Wildman–Crippen MR) is 84.9 cm³/mol. The van der Waals surface area contributed by atoms with Crippen LogP contribution in [-0.4, -0.2) is 29.5 Å². The van der Waals surface area contributed by atoms with Gasteiger partial charge in [-0.1, -0.05) is 6.07 Å². The maximum absolute atomic E-state index is 11.7. The lowest BCUT2D eigenvalue weighted by atomic mass is 9.92. The summed E-state index contributed by atoms with van der Waals surface area (Å²) in [6.07, 6.45) is 1.76. The van der Waals surface area contributed by atoms with Gasteiger partial charge in [0.25, 0.3) is 0 Å². The van der Waals surface area contributed by atoms with Crippen molar-refractivity contribution < 1.29 is 4.79 Å². The van der Waals surface area contributed by atoms with E-state index in [4.69, 9.17) is 0 Å². The molecule has 0 aliphatic heterocycles. The molecular formula is C15H20N4OS. The van der Waals surface area contributed by atoms with Gasteiger partial charge in [0.05, 0.1) is 16.8 Å². The maximum Gasteiger partial charge on any atom is 0.226 e. The van der Waals surface area contributed by atoms with Crippen LogP contribution in [0, 0.1) is 5.41 Å². The molecule has 2 rings (SSSR count). The molecule has 6 heteroatoms. The Balaban J connectivity index is 1.91. The average molecular weight is 304 g/mol. The Morgan fingerprint density at radius 1 is 1.38 bits per heavy atom. The van der Waals surface area contributed by atoms with Crippen LogP contribution in [0.2, 0.25) is 0 Å². The number of rotatable bonds is 6. The smallest absolute Gasteiger partial charge is 0.226 e. The van der Waals surface area contributed by atoms with Gasteiger partial charge in [-0.3, -0.25) is 9.78 Å². The molecule has 21 heavy (non-hydrogen) atoms. The summed E-state index contributed by atoms with van der Waals surface area (Å²) in [5.41, 5.74) is 1.42. The van der Waals surface area contributed by atoms with Gasteiger partial charge in [-0.2, -0.15) is 0 Å². The van der Waals surface area contributed by atoms with Crippen LogP contribution in [0.5, 0.6) is 0 Å². The van der Waals surface area contributed by atoms with Crippen molar-refractivity contribution in [1.29, 1.82) is 0 Å². The van der Waals surface area contributed by atoms with Gasteiger partial charge in [-0.05, 0) is 26.0 Å². The van der Waals surface area contributed by atoms with Crippen molar-refractivity contribution >= 4 is 17.2 Å². The second kappa shape index (κ2) is 6.78. The zero-order valence-electron chi connectivity index (χ0n) is 12.5. The summed E-state index contributed by atoms with van der Waals surface area (Å²) in [5.74, 6) is 0.0300. The lowest BCUT2D eigenvalue weighted by Gasteiger charge is -2.22. The number of pyridine rings is 1.